The molecule has 1 unspecified atom stereocenters. The van der Waals surface area contributed by atoms with Crippen LogP contribution in [0.3, 0.4) is 0 Å². The van der Waals surface area contributed by atoms with Crippen molar-refractivity contribution in [3.63, 3.8) is 0 Å². The number of likely N-dealkylation sites (N-methyl/N-ethyl adjacent to an activating group) is 1. The predicted molar refractivity (Wildman–Crippen MR) is 71.0 cm³/mol. The average molecular weight is 230 g/mol. The Bertz CT molecular complexity index is 162. The van der Waals surface area contributed by atoms with Crippen LogP contribution in [-0.4, -0.2) is 61.8 Å². The van der Waals surface area contributed by atoms with Gasteiger partial charge in [0.2, 0.25) is 0 Å². The zero-order chi connectivity index (χ0) is 12.6. The maximum absolute atomic E-state index is 5.27. The van der Waals surface area contributed by atoms with Gasteiger partial charge < -0.3 is 4.74 Å². The summed E-state index contributed by atoms with van der Waals surface area (Å²) in [4.78, 5) is 5.05. The Morgan fingerprint density at radius 1 is 1.25 bits per heavy atom. The van der Waals surface area contributed by atoms with Crippen molar-refractivity contribution in [2.24, 2.45) is 0 Å². The molecule has 1 heterocycles. The smallest absolute Gasteiger partial charge is 0.0630 e. The molecule has 1 aliphatic rings. The van der Waals surface area contributed by atoms with Crippen molar-refractivity contribution in [3.05, 3.63) is 0 Å². The second kappa shape index (κ2) is 8.97. The lowest BCUT2D eigenvalue weighted by molar-refractivity contribution is 0.0172. The van der Waals surface area contributed by atoms with Crippen LogP contribution in [0.1, 0.15) is 34.6 Å². The maximum Gasteiger partial charge on any atom is 0.0630 e. The first-order valence-corrected chi connectivity index (χ1v) is 6.66. The molecule has 0 bridgehead atoms. The molecule has 1 fully saturated rings. The first kappa shape index (κ1) is 15.9. The second-order valence-corrected chi connectivity index (χ2v) is 4.33. The van der Waals surface area contributed by atoms with Crippen LogP contribution in [0.2, 0.25) is 0 Å². The number of methoxy groups -OCH3 is 1. The van der Waals surface area contributed by atoms with Gasteiger partial charge in [-0.3, -0.25) is 9.80 Å². The van der Waals surface area contributed by atoms with Crippen molar-refractivity contribution in [3.8, 4) is 0 Å². The zero-order valence-corrected chi connectivity index (χ0v) is 12.0. The summed E-state index contributed by atoms with van der Waals surface area (Å²) in [5.74, 6) is 0. The normalized spacial score (nSPS) is 23.1. The van der Waals surface area contributed by atoms with Gasteiger partial charge in [0.05, 0.1) is 6.61 Å². The monoisotopic (exact) mass is 230 g/mol. The van der Waals surface area contributed by atoms with Crippen molar-refractivity contribution in [2.75, 3.05) is 39.9 Å². The highest BCUT2D eigenvalue weighted by atomic mass is 16.5. The number of hydrogen-bond donors (Lipinski definition) is 0. The highest BCUT2D eigenvalue weighted by Gasteiger charge is 2.26. The Labute approximate surface area is 102 Å². The Kier molecular flexibility index (Phi) is 8.90. The molecule has 0 aromatic carbocycles. The van der Waals surface area contributed by atoms with Gasteiger partial charge in [0.25, 0.3) is 0 Å². The molecule has 0 saturated carbocycles. The molecule has 98 valence electrons. The Balaban J connectivity index is 0.00000106. The molecule has 0 amide bonds. The van der Waals surface area contributed by atoms with E-state index in [9.17, 15) is 0 Å². The van der Waals surface area contributed by atoms with E-state index in [1.807, 2.05) is 13.8 Å². The van der Waals surface area contributed by atoms with Crippen LogP contribution in [0, 0.1) is 0 Å². The first-order chi connectivity index (χ1) is 7.69. The minimum atomic E-state index is 0.584. The summed E-state index contributed by atoms with van der Waals surface area (Å²) in [5.41, 5.74) is 0. The van der Waals surface area contributed by atoms with Gasteiger partial charge >= 0.3 is 0 Å². The highest BCUT2D eigenvalue weighted by Crippen LogP contribution is 2.12. The molecular formula is C13H30N2O. The number of rotatable bonds is 4. The number of hydrogen-bond acceptors (Lipinski definition) is 3. The number of nitrogens with zero attached hydrogens (tertiary/aromatic N) is 2. The van der Waals surface area contributed by atoms with Crippen molar-refractivity contribution >= 4 is 0 Å². The quantitative estimate of drug-likeness (QED) is 0.735. The third-order valence-electron chi connectivity index (χ3n) is 3.13. The van der Waals surface area contributed by atoms with Gasteiger partial charge in [-0.25, -0.2) is 0 Å². The Hall–Kier alpha value is -0.120. The minimum absolute atomic E-state index is 0.584. The van der Waals surface area contributed by atoms with Gasteiger partial charge in [-0.1, -0.05) is 20.8 Å². The second-order valence-electron chi connectivity index (χ2n) is 4.33. The molecule has 0 radical (unpaired) electrons. The van der Waals surface area contributed by atoms with E-state index in [4.69, 9.17) is 4.74 Å². The van der Waals surface area contributed by atoms with Crippen LogP contribution in [0.5, 0.6) is 0 Å². The molecule has 1 aliphatic heterocycles. The van der Waals surface area contributed by atoms with Crippen LogP contribution >= 0.6 is 0 Å². The number of piperazine rings is 1. The molecule has 0 aliphatic carbocycles. The van der Waals surface area contributed by atoms with Crippen LogP contribution < -0.4 is 0 Å². The third-order valence-corrected chi connectivity index (χ3v) is 3.13. The van der Waals surface area contributed by atoms with Gasteiger partial charge in [-0.05, 0) is 20.4 Å². The molecule has 1 atom stereocenters. The van der Waals surface area contributed by atoms with Crippen molar-refractivity contribution in [1.29, 1.82) is 0 Å². The zero-order valence-electron chi connectivity index (χ0n) is 12.0. The SMILES string of the molecule is CC.CCN1CCN(C(C)C)CC1COC. The largest absolute Gasteiger partial charge is 0.383 e. The summed E-state index contributed by atoms with van der Waals surface area (Å²) in [6.07, 6.45) is 0. The molecule has 3 heteroatoms. The fourth-order valence-electron chi connectivity index (χ4n) is 2.15. The fraction of sp³-hybridized carbons (Fsp3) is 1.00. The molecule has 16 heavy (non-hydrogen) atoms. The molecule has 0 N–H and O–H groups in total. The lowest BCUT2D eigenvalue weighted by Crippen LogP contribution is -2.56. The minimum Gasteiger partial charge on any atom is -0.383 e. The van der Waals surface area contributed by atoms with E-state index < -0.39 is 0 Å². The lowest BCUT2D eigenvalue weighted by atomic mass is 10.1. The third kappa shape index (κ3) is 4.81. The molecular weight excluding hydrogens is 200 g/mol. The van der Waals surface area contributed by atoms with Gasteiger partial charge in [0.1, 0.15) is 0 Å². The van der Waals surface area contributed by atoms with E-state index in [0.717, 1.165) is 19.7 Å². The van der Waals surface area contributed by atoms with E-state index in [1.165, 1.54) is 13.1 Å². The van der Waals surface area contributed by atoms with Crippen LogP contribution in [0.15, 0.2) is 0 Å². The highest BCUT2D eigenvalue weighted by molar-refractivity contribution is 4.82. The van der Waals surface area contributed by atoms with Gasteiger partial charge in [0, 0.05) is 38.8 Å². The summed E-state index contributed by atoms with van der Waals surface area (Å²) in [6, 6.07) is 1.24. The van der Waals surface area contributed by atoms with Crippen molar-refractivity contribution in [2.45, 2.75) is 46.7 Å². The van der Waals surface area contributed by atoms with Crippen LogP contribution in [0.4, 0.5) is 0 Å². The summed E-state index contributed by atoms with van der Waals surface area (Å²) in [5, 5.41) is 0. The maximum atomic E-state index is 5.27. The molecule has 3 nitrogen and oxygen atoms in total. The van der Waals surface area contributed by atoms with Gasteiger partial charge in [0.15, 0.2) is 0 Å². The summed E-state index contributed by atoms with van der Waals surface area (Å²) >= 11 is 0. The van der Waals surface area contributed by atoms with Crippen LogP contribution in [-0.2, 0) is 4.74 Å². The predicted octanol–water partition coefficient (Wildman–Crippen LogP) is 2.07. The first-order valence-electron chi connectivity index (χ1n) is 6.66. The van der Waals surface area contributed by atoms with E-state index in [0.29, 0.717) is 12.1 Å². The van der Waals surface area contributed by atoms with Crippen molar-refractivity contribution < 1.29 is 4.74 Å². The molecule has 0 spiro atoms. The molecule has 1 saturated heterocycles. The van der Waals surface area contributed by atoms with E-state index in [2.05, 4.69) is 30.6 Å². The standard InChI is InChI=1S/C11H24N2O.C2H6/c1-5-12-6-7-13(10(2)3)8-11(12)9-14-4;1-2/h10-11H,5-9H2,1-4H3;1-2H3. The molecule has 0 aromatic rings. The Morgan fingerprint density at radius 2 is 1.88 bits per heavy atom. The fourth-order valence-corrected chi connectivity index (χ4v) is 2.15. The topological polar surface area (TPSA) is 15.7 Å². The van der Waals surface area contributed by atoms with Crippen molar-refractivity contribution in [1.82, 2.24) is 9.80 Å². The Morgan fingerprint density at radius 3 is 2.31 bits per heavy atom. The van der Waals surface area contributed by atoms with E-state index >= 15 is 0 Å². The average Bonchev–Trinajstić information content (AvgIpc) is 2.32. The van der Waals surface area contributed by atoms with E-state index in [1.54, 1.807) is 7.11 Å². The lowest BCUT2D eigenvalue weighted by Gasteiger charge is -2.42. The van der Waals surface area contributed by atoms with Crippen LogP contribution in [0.25, 0.3) is 0 Å². The number of ether oxygens (including phenoxy) is 1. The summed E-state index contributed by atoms with van der Waals surface area (Å²) in [7, 11) is 1.79. The van der Waals surface area contributed by atoms with Gasteiger partial charge in [-0.2, -0.15) is 0 Å². The molecule has 0 aromatic heterocycles. The summed E-state index contributed by atoms with van der Waals surface area (Å²) in [6.45, 7) is 16.3. The molecule has 1 rings (SSSR count). The van der Waals surface area contributed by atoms with E-state index in [-0.39, 0.29) is 0 Å². The summed E-state index contributed by atoms with van der Waals surface area (Å²) < 4.78 is 5.27. The van der Waals surface area contributed by atoms with Gasteiger partial charge in [-0.15, -0.1) is 0 Å².